The van der Waals surface area contributed by atoms with Crippen molar-refractivity contribution in [3.8, 4) is 34.0 Å². The van der Waals surface area contributed by atoms with Crippen molar-refractivity contribution >= 4 is 41.0 Å². The molecule has 0 N–H and O–H groups in total. The van der Waals surface area contributed by atoms with E-state index in [1.54, 1.807) is 0 Å². The second-order valence-electron chi connectivity index (χ2n) is 13.4. The van der Waals surface area contributed by atoms with E-state index in [0.717, 1.165) is 56.0 Å². The van der Waals surface area contributed by atoms with E-state index in [9.17, 15) is 0 Å². The minimum Gasteiger partial charge on any atom is -0.457 e. The Morgan fingerprint density at radius 1 is 0.705 bits per heavy atom. The third kappa shape index (κ3) is 5.13. The molecule has 7 aromatic rings. The topological polar surface area (TPSA) is 65.2 Å². The van der Waals surface area contributed by atoms with Gasteiger partial charge in [-0.3, -0.25) is 14.4 Å². The highest BCUT2D eigenvalue weighted by Crippen LogP contribution is 2.32. The quantitative estimate of drug-likeness (QED) is 0.187. The maximum absolute atomic E-state index is 6.66. The Labute approximate surface area is 258 Å². The summed E-state index contributed by atoms with van der Waals surface area (Å²) in [6.45, 7) is 13.7. The van der Waals surface area contributed by atoms with Gasteiger partial charge >= 0.3 is 0 Å². The molecule has 0 saturated carbocycles. The van der Waals surface area contributed by atoms with E-state index in [1.165, 1.54) is 10.8 Å². The van der Waals surface area contributed by atoms with Gasteiger partial charge in [0, 0.05) is 35.1 Å². The lowest BCUT2D eigenvalue weighted by atomic mass is 9.87. The highest BCUT2D eigenvalue weighted by atomic mass is 28.3. The molecular weight excluding hydrogens is 559 g/mol. The molecular formula is C37H35N5OSi. The number of hydrogen-bond donors (Lipinski definition) is 0. The first-order valence-corrected chi connectivity index (χ1v) is 18.5. The van der Waals surface area contributed by atoms with E-state index in [1.807, 2.05) is 48.9 Å². The van der Waals surface area contributed by atoms with E-state index in [2.05, 4.69) is 109 Å². The van der Waals surface area contributed by atoms with Crippen LogP contribution in [0.3, 0.4) is 0 Å². The second-order valence-corrected chi connectivity index (χ2v) is 18.4. The van der Waals surface area contributed by atoms with Gasteiger partial charge < -0.3 is 4.74 Å². The van der Waals surface area contributed by atoms with E-state index < -0.39 is 8.07 Å². The van der Waals surface area contributed by atoms with Crippen molar-refractivity contribution in [1.29, 1.82) is 0 Å². The predicted octanol–water partition coefficient (Wildman–Crippen LogP) is 8.79. The number of benzene rings is 3. The van der Waals surface area contributed by atoms with Crippen LogP contribution >= 0.6 is 0 Å². The fourth-order valence-corrected chi connectivity index (χ4v) is 7.10. The zero-order chi connectivity index (χ0) is 30.6. The number of aromatic nitrogens is 5. The monoisotopic (exact) mass is 593 g/mol. The first kappa shape index (κ1) is 27.9. The summed E-state index contributed by atoms with van der Waals surface area (Å²) in [4.78, 5) is 18.9. The summed E-state index contributed by atoms with van der Waals surface area (Å²) in [7, 11) is -1.69. The fourth-order valence-electron chi connectivity index (χ4n) is 5.66. The summed E-state index contributed by atoms with van der Waals surface area (Å²) >= 11 is 0. The normalized spacial score (nSPS) is 12.3. The molecule has 3 aromatic carbocycles. The third-order valence-electron chi connectivity index (χ3n) is 8.08. The van der Waals surface area contributed by atoms with Gasteiger partial charge in [0.1, 0.15) is 11.5 Å². The summed E-state index contributed by atoms with van der Waals surface area (Å²) < 4.78 is 8.79. The number of nitrogens with zero attached hydrogens (tertiary/aromatic N) is 5. The van der Waals surface area contributed by atoms with Crippen LogP contribution in [0.2, 0.25) is 19.6 Å². The minimum absolute atomic E-state index is 0.0409. The maximum Gasteiger partial charge on any atom is 0.235 e. The standard InChI is InChI=1S/C37H35N5OSi/c1-37(2,3)27-14-15-32-31(20-27)41-36-40-23-26-22-39-30(21-33(26)42(32)36)24-10-9-11-28(18-24)43-34-19-25(29-12-7-8-17-38-29)13-16-35(34)44(4,5)6/h7-23H,1-6H3. The largest absolute Gasteiger partial charge is 0.457 e. The van der Waals surface area contributed by atoms with Gasteiger partial charge in [-0.15, -0.1) is 0 Å². The van der Waals surface area contributed by atoms with Crippen molar-refractivity contribution in [2.45, 2.75) is 45.8 Å². The van der Waals surface area contributed by atoms with Crippen molar-refractivity contribution in [2.24, 2.45) is 0 Å². The van der Waals surface area contributed by atoms with Gasteiger partial charge in [0.05, 0.1) is 36.0 Å². The Morgan fingerprint density at radius 3 is 2.30 bits per heavy atom. The lowest BCUT2D eigenvalue weighted by Crippen LogP contribution is -2.38. The predicted molar refractivity (Wildman–Crippen MR) is 183 cm³/mol. The molecule has 7 heteroatoms. The Kier molecular flexibility index (Phi) is 6.59. The summed E-state index contributed by atoms with van der Waals surface area (Å²) in [6, 6.07) is 29.3. The maximum atomic E-state index is 6.66. The van der Waals surface area contributed by atoms with E-state index >= 15 is 0 Å². The molecule has 0 bridgehead atoms. The van der Waals surface area contributed by atoms with Gasteiger partial charge in [-0.05, 0) is 64.7 Å². The number of imidazole rings is 1. The Bertz CT molecular complexity index is 2180. The average molecular weight is 594 g/mol. The van der Waals surface area contributed by atoms with Gasteiger partial charge in [-0.1, -0.05) is 76.8 Å². The zero-order valence-electron chi connectivity index (χ0n) is 26.0. The summed E-state index contributed by atoms with van der Waals surface area (Å²) in [5.41, 5.74) is 8.08. The molecule has 0 aliphatic heterocycles. The zero-order valence-corrected chi connectivity index (χ0v) is 27.0. The molecule has 0 saturated heterocycles. The number of hydrogen-bond acceptors (Lipinski definition) is 5. The van der Waals surface area contributed by atoms with Crippen molar-refractivity contribution < 1.29 is 4.74 Å². The molecule has 0 amide bonds. The number of pyridine rings is 2. The SMILES string of the molecule is CC(C)(C)c1ccc2c(c1)nc1ncc3cnc(-c4cccc(Oc5cc(-c6ccccn6)ccc5[Si](C)(C)C)c4)cc3n12. The van der Waals surface area contributed by atoms with E-state index in [0.29, 0.717) is 5.78 Å². The van der Waals surface area contributed by atoms with Crippen molar-refractivity contribution in [1.82, 2.24) is 24.3 Å². The first-order valence-electron chi connectivity index (χ1n) is 15.0. The molecule has 0 radical (unpaired) electrons. The highest BCUT2D eigenvalue weighted by Gasteiger charge is 2.23. The van der Waals surface area contributed by atoms with Crippen molar-refractivity contribution in [2.75, 3.05) is 0 Å². The van der Waals surface area contributed by atoms with Gasteiger partial charge in [-0.2, -0.15) is 0 Å². The van der Waals surface area contributed by atoms with Crippen LogP contribution in [0.5, 0.6) is 11.5 Å². The van der Waals surface area contributed by atoms with Crippen LogP contribution < -0.4 is 9.92 Å². The highest BCUT2D eigenvalue weighted by molar-refractivity contribution is 6.89. The molecule has 0 atom stereocenters. The molecule has 6 nitrogen and oxygen atoms in total. The summed E-state index contributed by atoms with van der Waals surface area (Å²) in [5, 5.41) is 2.22. The summed E-state index contributed by atoms with van der Waals surface area (Å²) in [6.07, 6.45) is 5.56. The van der Waals surface area contributed by atoms with E-state index in [-0.39, 0.29) is 5.41 Å². The molecule has 4 heterocycles. The molecule has 0 spiro atoms. The molecule has 7 rings (SSSR count). The number of fused-ring (bicyclic) bond motifs is 5. The van der Waals surface area contributed by atoms with Crippen LogP contribution in [0.4, 0.5) is 0 Å². The second kappa shape index (κ2) is 10.4. The lowest BCUT2D eigenvalue weighted by Gasteiger charge is -2.22. The van der Waals surface area contributed by atoms with Crippen LogP contribution in [-0.4, -0.2) is 32.4 Å². The van der Waals surface area contributed by atoms with Crippen LogP contribution in [0.25, 0.3) is 50.2 Å². The molecule has 0 fully saturated rings. The van der Waals surface area contributed by atoms with Gasteiger partial charge in [0.15, 0.2) is 0 Å². The molecule has 44 heavy (non-hydrogen) atoms. The van der Waals surface area contributed by atoms with Gasteiger partial charge in [0.2, 0.25) is 5.78 Å². The lowest BCUT2D eigenvalue weighted by molar-refractivity contribution is 0.486. The average Bonchev–Trinajstić information content (AvgIpc) is 3.39. The van der Waals surface area contributed by atoms with Crippen LogP contribution in [0.15, 0.2) is 104 Å². The van der Waals surface area contributed by atoms with Crippen LogP contribution in [-0.2, 0) is 5.41 Å². The summed E-state index contributed by atoms with van der Waals surface area (Å²) in [5.74, 6) is 2.33. The van der Waals surface area contributed by atoms with Crippen LogP contribution in [0, 0.1) is 0 Å². The molecule has 0 aliphatic carbocycles. The Balaban J connectivity index is 1.30. The van der Waals surface area contributed by atoms with Gasteiger partial charge in [-0.25, -0.2) is 9.97 Å². The number of ether oxygens (including phenoxy) is 1. The van der Waals surface area contributed by atoms with Crippen molar-refractivity contribution in [3.63, 3.8) is 0 Å². The Morgan fingerprint density at radius 2 is 1.52 bits per heavy atom. The third-order valence-corrected chi connectivity index (χ3v) is 10.1. The molecule has 4 aromatic heterocycles. The van der Waals surface area contributed by atoms with Gasteiger partial charge in [0.25, 0.3) is 0 Å². The molecule has 218 valence electrons. The molecule has 0 unspecified atom stereocenters. The van der Waals surface area contributed by atoms with E-state index in [4.69, 9.17) is 14.7 Å². The number of rotatable bonds is 5. The first-order chi connectivity index (χ1) is 21.0. The minimum atomic E-state index is -1.69. The van der Waals surface area contributed by atoms with Crippen molar-refractivity contribution in [3.05, 3.63) is 109 Å². The smallest absolute Gasteiger partial charge is 0.235 e. The fraction of sp³-hybridized carbons (Fsp3) is 0.189. The molecule has 0 aliphatic rings. The Hall–Kier alpha value is -4.88. The van der Waals surface area contributed by atoms with Crippen LogP contribution in [0.1, 0.15) is 26.3 Å².